The first-order chi connectivity index (χ1) is 9.16. The molecular weight excluding hydrogens is 288 g/mol. The zero-order valence-corrected chi connectivity index (χ0v) is 11.2. The summed E-state index contributed by atoms with van der Waals surface area (Å²) in [6.07, 6.45) is 1.65. The fourth-order valence-corrected chi connectivity index (χ4v) is 2.95. The van der Waals surface area contributed by atoms with E-state index in [0.29, 0.717) is 15.8 Å². The maximum atomic E-state index is 13.8. The molecule has 0 aliphatic carbocycles. The van der Waals surface area contributed by atoms with Crippen molar-refractivity contribution in [1.82, 2.24) is 4.98 Å². The fraction of sp³-hybridized carbons (Fsp3) is 0. The molecule has 0 fully saturated rings. The quantitative estimate of drug-likeness (QED) is 0.682. The molecule has 0 saturated carbocycles. The van der Waals surface area contributed by atoms with Crippen LogP contribution in [-0.2, 0) is 0 Å². The molecule has 0 unspecified atom stereocenters. The van der Waals surface area contributed by atoms with Crippen LogP contribution in [-0.4, -0.2) is 4.98 Å². The van der Waals surface area contributed by atoms with Crippen LogP contribution in [0.5, 0.6) is 0 Å². The van der Waals surface area contributed by atoms with Gasteiger partial charge in [0.2, 0.25) is 0 Å². The van der Waals surface area contributed by atoms with E-state index < -0.39 is 5.82 Å². The van der Waals surface area contributed by atoms with E-state index >= 15 is 0 Å². The van der Waals surface area contributed by atoms with Crippen LogP contribution in [0.2, 0.25) is 5.02 Å². The predicted octanol–water partition coefficient (Wildman–Crippen LogP) is 5.25. The number of halogens is 3. The first kappa shape index (κ1) is 12.5. The average Bonchev–Trinajstić information content (AvgIpc) is 2.81. The zero-order chi connectivity index (χ0) is 13.4. The highest BCUT2D eigenvalue weighted by Crippen LogP contribution is 2.36. The van der Waals surface area contributed by atoms with Crippen molar-refractivity contribution in [2.45, 2.75) is 9.79 Å². The first-order valence-electron chi connectivity index (χ1n) is 5.54. The highest BCUT2D eigenvalue weighted by Gasteiger charge is 2.12. The molecule has 1 heterocycles. The van der Waals surface area contributed by atoms with Gasteiger partial charge in [0.15, 0.2) is 5.82 Å². The van der Waals surface area contributed by atoms with E-state index in [-0.39, 0.29) is 10.8 Å². The average molecular weight is 296 g/mol. The molecule has 0 atom stereocenters. The van der Waals surface area contributed by atoms with Gasteiger partial charge in [-0.3, -0.25) is 0 Å². The Balaban J connectivity index is 2.08. The number of aromatic amines is 1. The number of rotatable bonds is 2. The van der Waals surface area contributed by atoms with Crippen molar-refractivity contribution >= 4 is 34.3 Å². The van der Waals surface area contributed by atoms with Gasteiger partial charge in [0.05, 0.1) is 10.5 Å². The molecule has 0 radical (unpaired) electrons. The van der Waals surface area contributed by atoms with Crippen LogP contribution in [0.1, 0.15) is 0 Å². The van der Waals surface area contributed by atoms with Crippen LogP contribution in [0.3, 0.4) is 0 Å². The van der Waals surface area contributed by atoms with Gasteiger partial charge < -0.3 is 4.98 Å². The van der Waals surface area contributed by atoms with Crippen molar-refractivity contribution in [3.8, 4) is 0 Å². The molecule has 0 bridgehead atoms. The first-order valence-corrected chi connectivity index (χ1v) is 6.74. The minimum Gasteiger partial charge on any atom is -0.358 e. The van der Waals surface area contributed by atoms with Gasteiger partial charge in [-0.25, -0.2) is 8.78 Å². The van der Waals surface area contributed by atoms with Gasteiger partial charge in [0.25, 0.3) is 0 Å². The molecule has 0 aliphatic rings. The summed E-state index contributed by atoms with van der Waals surface area (Å²) in [6.45, 7) is 0. The molecule has 3 aromatic rings. The van der Waals surface area contributed by atoms with Crippen LogP contribution in [0, 0.1) is 11.6 Å². The molecule has 96 valence electrons. The third kappa shape index (κ3) is 2.22. The van der Waals surface area contributed by atoms with Gasteiger partial charge in [-0.15, -0.1) is 0 Å². The molecule has 2 aromatic carbocycles. The van der Waals surface area contributed by atoms with E-state index in [9.17, 15) is 8.78 Å². The van der Waals surface area contributed by atoms with Gasteiger partial charge in [-0.1, -0.05) is 35.5 Å². The van der Waals surface area contributed by atoms with Gasteiger partial charge in [-0.2, -0.15) is 0 Å². The summed E-state index contributed by atoms with van der Waals surface area (Å²) in [7, 11) is 0. The van der Waals surface area contributed by atoms with Crippen LogP contribution in [0.25, 0.3) is 10.9 Å². The Bertz CT molecular complexity index is 754. The van der Waals surface area contributed by atoms with Crippen molar-refractivity contribution in [1.29, 1.82) is 0 Å². The van der Waals surface area contributed by atoms with E-state index in [0.717, 1.165) is 4.90 Å². The van der Waals surface area contributed by atoms with Crippen molar-refractivity contribution in [2.75, 3.05) is 0 Å². The summed E-state index contributed by atoms with van der Waals surface area (Å²) in [5.74, 6) is -0.782. The molecule has 0 spiro atoms. The molecule has 5 heteroatoms. The van der Waals surface area contributed by atoms with Crippen molar-refractivity contribution in [2.24, 2.45) is 0 Å². The maximum absolute atomic E-state index is 13.8. The summed E-state index contributed by atoms with van der Waals surface area (Å²) in [5, 5.41) is 0.756. The second kappa shape index (κ2) is 4.87. The number of nitrogens with one attached hydrogen (secondary N) is 1. The highest BCUT2D eigenvalue weighted by molar-refractivity contribution is 7.99. The molecule has 1 N–H and O–H groups in total. The SMILES string of the molecule is Fc1ccccc1Sc1c[nH]c2c(F)c(Cl)ccc12. The number of hydrogen-bond acceptors (Lipinski definition) is 1. The van der Waals surface area contributed by atoms with E-state index in [1.54, 1.807) is 30.5 Å². The van der Waals surface area contributed by atoms with E-state index in [1.807, 2.05) is 0 Å². The second-order valence-corrected chi connectivity index (χ2v) is 5.46. The monoisotopic (exact) mass is 295 g/mol. The molecule has 0 saturated heterocycles. The Labute approximate surface area is 117 Å². The predicted molar refractivity (Wildman–Crippen MR) is 73.8 cm³/mol. The Morgan fingerprint density at radius 1 is 1.00 bits per heavy atom. The summed E-state index contributed by atoms with van der Waals surface area (Å²) in [4.78, 5) is 4.09. The lowest BCUT2D eigenvalue weighted by molar-refractivity contribution is 0.602. The molecule has 19 heavy (non-hydrogen) atoms. The zero-order valence-electron chi connectivity index (χ0n) is 9.58. The number of H-pyrrole nitrogens is 1. The third-order valence-corrected chi connectivity index (χ3v) is 4.17. The number of aromatic nitrogens is 1. The van der Waals surface area contributed by atoms with E-state index in [4.69, 9.17) is 11.6 Å². The van der Waals surface area contributed by atoms with Gasteiger partial charge in [0, 0.05) is 21.4 Å². The minimum atomic E-state index is -0.487. The van der Waals surface area contributed by atoms with Crippen molar-refractivity contribution < 1.29 is 8.78 Å². The summed E-state index contributed by atoms with van der Waals surface area (Å²) in [5.41, 5.74) is 0.339. The normalized spacial score (nSPS) is 11.1. The molecular formula is C14H8ClF2NS. The number of benzene rings is 2. The highest BCUT2D eigenvalue weighted by atomic mass is 35.5. The van der Waals surface area contributed by atoms with Crippen molar-refractivity contribution in [3.05, 3.63) is 59.3 Å². The van der Waals surface area contributed by atoms with Gasteiger partial charge in [-0.05, 0) is 24.3 Å². The molecule has 1 aromatic heterocycles. The van der Waals surface area contributed by atoms with E-state index in [2.05, 4.69) is 4.98 Å². The molecule has 3 rings (SSSR count). The molecule has 1 nitrogen and oxygen atoms in total. The Hall–Kier alpha value is -1.52. The van der Waals surface area contributed by atoms with E-state index in [1.165, 1.54) is 23.9 Å². The fourth-order valence-electron chi connectivity index (χ4n) is 1.84. The van der Waals surface area contributed by atoms with Gasteiger partial charge >= 0.3 is 0 Å². The smallest absolute Gasteiger partial charge is 0.165 e. The second-order valence-electron chi connectivity index (χ2n) is 3.97. The molecule has 0 amide bonds. The lowest BCUT2D eigenvalue weighted by Gasteiger charge is -2.02. The Morgan fingerprint density at radius 3 is 2.58 bits per heavy atom. The summed E-state index contributed by atoms with van der Waals surface area (Å²) in [6, 6.07) is 9.70. The lowest BCUT2D eigenvalue weighted by atomic mass is 10.2. The van der Waals surface area contributed by atoms with Crippen LogP contribution >= 0.6 is 23.4 Å². The Morgan fingerprint density at radius 2 is 1.79 bits per heavy atom. The maximum Gasteiger partial charge on any atom is 0.165 e. The number of fused-ring (bicyclic) bond motifs is 1. The molecule has 0 aliphatic heterocycles. The standard InChI is InChI=1S/C14H8ClF2NS/c15-9-6-5-8-12(7-18-14(8)13(9)17)19-11-4-2-1-3-10(11)16/h1-7,18H. The van der Waals surface area contributed by atoms with Crippen LogP contribution in [0.4, 0.5) is 8.78 Å². The minimum absolute atomic E-state index is 0.0665. The van der Waals surface area contributed by atoms with Crippen molar-refractivity contribution in [3.63, 3.8) is 0 Å². The van der Waals surface area contributed by atoms with Crippen LogP contribution in [0.15, 0.2) is 52.4 Å². The lowest BCUT2D eigenvalue weighted by Crippen LogP contribution is -1.80. The van der Waals surface area contributed by atoms with Gasteiger partial charge in [0.1, 0.15) is 5.82 Å². The largest absolute Gasteiger partial charge is 0.358 e. The summed E-state index contributed by atoms with van der Waals surface area (Å²) < 4.78 is 27.4. The Kier molecular flexibility index (Phi) is 3.21. The topological polar surface area (TPSA) is 15.8 Å². The third-order valence-electron chi connectivity index (χ3n) is 2.76. The van der Waals surface area contributed by atoms with Crippen LogP contribution < -0.4 is 0 Å². The summed E-state index contributed by atoms with van der Waals surface area (Å²) >= 11 is 6.97. The number of hydrogen-bond donors (Lipinski definition) is 1.